The summed E-state index contributed by atoms with van der Waals surface area (Å²) in [6.07, 6.45) is 1.64. The molecule has 1 N–H and O–H groups in total. The van der Waals surface area contributed by atoms with Crippen molar-refractivity contribution in [1.29, 1.82) is 0 Å². The maximum Gasteiger partial charge on any atom is 0.254 e. The first-order chi connectivity index (χ1) is 10.5. The fourth-order valence-electron chi connectivity index (χ4n) is 1.75. The molecule has 22 heavy (non-hydrogen) atoms. The van der Waals surface area contributed by atoms with Crippen LogP contribution in [-0.4, -0.2) is 22.9 Å². The predicted octanol–water partition coefficient (Wildman–Crippen LogP) is 3.10. The van der Waals surface area contributed by atoms with E-state index in [1.807, 2.05) is 0 Å². The van der Waals surface area contributed by atoms with Gasteiger partial charge in [0.25, 0.3) is 5.56 Å². The quantitative estimate of drug-likeness (QED) is 0.773. The molecular weight excluding hydrogens is 374 g/mol. The second-order valence-corrected chi connectivity index (χ2v) is 5.90. The molecule has 1 aromatic carbocycles. The molecule has 0 atom stereocenters. The molecule has 7 heteroatoms. The summed E-state index contributed by atoms with van der Waals surface area (Å²) in [5.74, 6) is 0.608. The first-order valence-electron chi connectivity index (χ1n) is 6.51. The highest BCUT2D eigenvalue weighted by Crippen LogP contribution is 2.23. The van der Waals surface area contributed by atoms with Crippen LogP contribution in [-0.2, 0) is 18.4 Å². The predicted molar refractivity (Wildman–Crippen MR) is 87.7 cm³/mol. The molecule has 0 aliphatic carbocycles. The van der Waals surface area contributed by atoms with Gasteiger partial charge in [-0.05, 0) is 34.1 Å². The Hall–Kier alpha value is -1.50. The second kappa shape index (κ2) is 7.67. The van der Waals surface area contributed by atoms with E-state index >= 15 is 0 Å². The number of phenolic OH excluding ortho intramolecular Hbond substituents is 1. The maximum absolute atomic E-state index is 11.5. The first-order valence-corrected chi connectivity index (χ1v) is 7.68. The van der Waals surface area contributed by atoms with Crippen molar-refractivity contribution in [2.75, 3.05) is 13.2 Å². The Morgan fingerprint density at radius 1 is 1.32 bits per heavy atom. The van der Waals surface area contributed by atoms with Gasteiger partial charge in [-0.15, -0.1) is 0 Å². The molecule has 0 unspecified atom stereocenters. The molecule has 0 saturated carbocycles. The van der Waals surface area contributed by atoms with E-state index in [1.54, 1.807) is 25.4 Å². The minimum absolute atomic E-state index is 0.139. The molecule has 0 amide bonds. The van der Waals surface area contributed by atoms with Crippen molar-refractivity contribution in [3.63, 3.8) is 0 Å². The molecular formula is C15H15BrClNO4. The molecule has 0 saturated heterocycles. The molecule has 1 aromatic heterocycles. The SMILES string of the molecule is Cn1cc(Br)c(OCCOCc2cc(Cl)ccc2O)cc1=O. The van der Waals surface area contributed by atoms with Crippen LogP contribution in [0.1, 0.15) is 5.56 Å². The number of phenols is 1. The largest absolute Gasteiger partial charge is 0.508 e. The Morgan fingerprint density at radius 2 is 2.09 bits per heavy atom. The number of pyridine rings is 1. The molecule has 2 aromatic rings. The number of aromatic nitrogens is 1. The Bertz CT molecular complexity index is 717. The summed E-state index contributed by atoms with van der Waals surface area (Å²) < 4.78 is 13.1. The summed E-state index contributed by atoms with van der Waals surface area (Å²) in [7, 11) is 1.66. The minimum atomic E-state index is -0.150. The van der Waals surface area contributed by atoms with Crippen molar-refractivity contribution >= 4 is 27.5 Å². The van der Waals surface area contributed by atoms with Crippen LogP contribution >= 0.6 is 27.5 Å². The number of hydrogen-bond donors (Lipinski definition) is 1. The van der Waals surface area contributed by atoms with Crippen LogP contribution in [0.5, 0.6) is 11.5 Å². The summed E-state index contributed by atoms with van der Waals surface area (Å²) in [5, 5.41) is 10.2. The van der Waals surface area contributed by atoms with Gasteiger partial charge in [0.1, 0.15) is 18.1 Å². The van der Waals surface area contributed by atoms with Crippen molar-refractivity contribution < 1.29 is 14.6 Å². The van der Waals surface area contributed by atoms with Gasteiger partial charge < -0.3 is 19.1 Å². The molecule has 2 rings (SSSR count). The van der Waals surface area contributed by atoms with Gasteiger partial charge in [-0.25, -0.2) is 0 Å². The van der Waals surface area contributed by atoms with Crippen molar-refractivity contribution in [1.82, 2.24) is 4.57 Å². The molecule has 0 bridgehead atoms. The number of aromatic hydroxyl groups is 1. The van der Waals surface area contributed by atoms with E-state index < -0.39 is 0 Å². The van der Waals surface area contributed by atoms with Gasteiger partial charge in [-0.1, -0.05) is 11.6 Å². The van der Waals surface area contributed by atoms with E-state index in [2.05, 4.69) is 15.9 Å². The lowest BCUT2D eigenvalue weighted by atomic mass is 10.2. The van der Waals surface area contributed by atoms with Crippen LogP contribution < -0.4 is 10.3 Å². The number of nitrogens with zero attached hydrogens (tertiary/aromatic N) is 1. The highest BCUT2D eigenvalue weighted by Gasteiger charge is 2.05. The van der Waals surface area contributed by atoms with E-state index in [4.69, 9.17) is 21.1 Å². The number of hydrogen-bond acceptors (Lipinski definition) is 4. The lowest BCUT2D eigenvalue weighted by molar-refractivity contribution is 0.0874. The Labute approximate surface area is 141 Å². The molecule has 118 valence electrons. The zero-order valence-corrected chi connectivity index (χ0v) is 14.2. The van der Waals surface area contributed by atoms with Crippen LogP contribution in [0.4, 0.5) is 0 Å². The van der Waals surface area contributed by atoms with Crippen LogP contribution in [0.2, 0.25) is 5.02 Å². The van der Waals surface area contributed by atoms with Crippen LogP contribution in [0, 0.1) is 0 Å². The van der Waals surface area contributed by atoms with Gasteiger partial charge in [-0.2, -0.15) is 0 Å². The van der Waals surface area contributed by atoms with Crippen molar-refractivity contribution in [2.45, 2.75) is 6.61 Å². The first kappa shape index (κ1) is 16.9. The lowest BCUT2D eigenvalue weighted by Crippen LogP contribution is -2.16. The summed E-state index contributed by atoms with van der Waals surface area (Å²) in [6, 6.07) is 6.19. The fourth-order valence-corrected chi connectivity index (χ4v) is 2.48. The molecule has 0 spiro atoms. The van der Waals surface area contributed by atoms with Crippen molar-refractivity contribution in [3.8, 4) is 11.5 Å². The smallest absolute Gasteiger partial charge is 0.254 e. The highest BCUT2D eigenvalue weighted by molar-refractivity contribution is 9.10. The number of rotatable bonds is 6. The highest BCUT2D eigenvalue weighted by atomic mass is 79.9. The van der Waals surface area contributed by atoms with Gasteiger partial charge in [0.15, 0.2) is 0 Å². The molecule has 0 aliphatic rings. The fraction of sp³-hybridized carbons (Fsp3) is 0.267. The molecule has 0 aliphatic heterocycles. The van der Waals surface area contributed by atoms with E-state index in [9.17, 15) is 9.90 Å². The van der Waals surface area contributed by atoms with E-state index in [0.29, 0.717) is 27.4 Å². The van der Waals surface area contributed by atoms with Crippen LogP contribution in [0.15, 0.2) is 39.7 Å². The average Bonchev–Trinajstić information content (AvgIpc) is 2.47. The third-order valence-electron chi connectivity index (χ3n) is 2.93. The Balaban J connectivity index is 1.81. The van der Waals surface area contributed by atoms with E-state index in [0.717, 1.165) is 0 Å². The van der Waals surface area contributed by atoms with Crippen molar-refractivity contribution in [3.05, 3.63) is 55.9 Å². The average molecular weight is 389 g/mol. The number of benzene rings is 1. The topological polar surface area (TPSA) is 60.7 Å². The van der Waals surface area contributed by atoms with E-state index in [1.165, 1.54) is 16.7 Å². The zero-order chi connectivity index (χ0) is 16.1. The lowest BCUT2D eigenvalue weighted by Gasteiger charge is -2.10. The third-order valence-corrected chi connectivity index (χ3v) is 3.76. The standard InChI is InChI=1S/C15H15BrClNO4/c1-18-8-12(16)14(7-15(18)20)22-5-4-21-9-10-6-11(17)2-3-13(10)19/h2-3,6-8,19H,4-5,9H2,1H3. The second-order valence-electron chi connectivity index (χ2n) is 4.61. The molecule has 0 fully saturated rings. The van der Waals surface area contributed by atoms with Crippen LogP contribution in [0.3, 0.4) is 0 Å². The van der Waals surface area contributed by atoms with Gasteiger partial charge in [0.05, 0.1) is 17.7 Å². The zero-order valence-electron chi connectivity index (χ0n) is 11.9. The van der Waals surface area contributed by atoms with Gasteiger partial charge in [0, 0.05) is 29.9 Å². The molecule has 1 heterocycles. The summed E-state index contributed by atoms with van der Waals surface area (Å²) in [4.78, 5) is 11.5. The number of halogens is 2. The molecule has 5 nitrogen and oxygen atoms in total. The molecule has 0 radical (unpaired) electrons. The number of ether oxygens (including phenoxy) is 2. The number of aryl methyl sites for hydroxylation is 1. The monoisotopic (exact) mass is 387 g/mol. The summed E-state index contributed by atoms with van der Waals surface area (Å²) in [6.45, 7) is 0.828. The Kier molecular flexibility index (Phi) is 5.88. The summed E-state index contributed by atoms with van der Waals surface area (Å²) in [5.41, 5.74) is 0.463. The Morgan fingerprint density at radius 3 is 2.86 bits per heavy atom. The maximum atomic E-state index is 11.5. The normalized spacial score (nSPS) is 10.7. The van der Waals surface area contributed by atoms with Gasteiger partial charge >= 0.3 is 0 Å². The minimum Gasteiger partial charge on any atom is -0.508 e. The third kappa shape index (κ3) is 4.50. The van der Waals surface area contributed by atoms with Gasteiger partial charge in [0.2, 0.25) is 0 Å². The van der Waals surface area contributed by atoms with E-state index in [-0.39, 0.29) is 24.5 Å². The van der Waals surface area contributed by atoms with Crippen molar-refractivity contribution in [2.24, 2.45) is 7.05 Å². The van der Waals surface area contributed by atoms with Crippen LogP contribution in [0.25, 0.3) is 0 Å². The van der Waals surface area contributed by atoms with Gasteiger partial charge in [-0.3, -0.25) is 4.79 Å². The summed E-state index contributed by atoms with van der Waals surface area (Å²) >= 11 is 9.19.